The molecule has 0 aromatic heterocycles. The molecular weight excluding hydrogens is 292 g/mol. The van der Waals surface area contributed by atoms with Crippen molar-refractivity contribution in [1.29, 1.82) is 0 Å². The van der Waals surface area contributed by atoms with Gasteiger partial charge in [-0.1, -0.05) is 39.3 Å². The topological polar surface area (TPSA) is 78.4 Å². The Morgan fingerprint density at radius 2 is 1.95 bits per heavy atom. The molecule has 1 aromatic rings. The molecule has 0 aliphatic heterocycles. The van der Waals surface area contributed by atoms with Gasteiger partial charge in [0.15, 0.2) is 0 Å². The molecule has 2 amide bonds. The molecule has 116 valence electrons. The molecule has 0 aliphatic carbocycles. The minimum atomic E-state index is -1.13. The number of halogens is 1. The molecule has 3 N–H and O–H groups in total. The number of hydrogen-bond acceptors (Lipinski definition) is 2. The molecule has 1 rings (SSSR count). The largest absolute Gasteiger partial charge is 0.478 e. The highest BCUT2D eigenvalue weighted by atomic mass is 35.5. The van der Waals surface area contributed by atoms with Crippen LogP contribution in [0.5, 0.6) is 0 Å². The van der Waals surface area contributed by atoms with Crippen molar-refractivity contribution in [3.63, 3.8) is 0 Å². The Labute approximate surface area is 129 Å². The third kappa shape index (κ3) is 4.93. The Kier molecular flexibility index (Phi) is 5.61. The van der Waals surface area contributed by atoms with Crippen molar-refractivity contribution in [3.05, 3.63) is 28.8 Å². The van der Waals surface area contributed by atoms with E-state index in [4.69, 9.17) is 16.7 Å². The van der Waals surface area contributed by atoms with E-state index in [2.05, 4.69) is 38.3 Å². The molecule has 0 unspecified atom stereocenters. The van der Waals surface area contributed by atoms with Crippen LogP contribution in [0.3, 0.4) is 0 Å². The van der Waals surface area contributed by atoms with Gasteiger partial charge in [-0.3, -0.25) is 0 Å². The second kappa shape index (κ2) is 6.80. The van der Waals surface area contributed by atoms with E-state index in [1.54, 1.807) is 6.07 Å². The second-order valence-corrected chi connectivity index (χ2v) is 6.36. The lowest BCUT2D eigenvalue weighted by atomic mass is 9.81. The number of amides is 2. The van der Waals surface area contributed by atoms with Crippen LogP contribution in [0.25, 0.3) is 0 Å². The summed E-state index contributed by atoms with van der Waals surface area (Å²) in [6.45, 7) is 8.86. The maximum Gasteiger partial charge on any atom is 0.337 e. The van der Waals surface area contributed by atoms with Crippen LogP contribution in [-0.4, -0.2) is 23.7 Å². The molecule has 0 saturated heterocycles. The first kappa shape index (κ1) is 17.3. The van der Waals surface area contributed by atoms with Crippen molar-refractivity contribution in [3.8, 4) is 0 Å². The van der Waals surface area contributed by atoms with Gasteiger partial charge in [0.05, 0.1) is 10.6 Å². The van der Waals surface area contributed by atoms with E-state index in [0.29, 0.717) is 18.2 Å². The van der Waals surface area contributed by atoms with Crippen LogP contribution in [0.1, 0.15) is 38.1 Å². The molecule has 5 nitrogen and oxygen atoms in total. The minimum Gasteiger partial charge on any atom is -0.478 e. The van der Waals surface area contributed by atoms with Crippen molar-refractivity contribution in [2.45, 2.75) is 27.7 Å². The standard InChI is InChI=1S/C15H21ClN2O3/c1-9(2)15(3,4)8-17-14(21)18-10-5-6-12(16)11(7-10)13(19)20/h5-7,9H,8H2,1-4H3,(H,19,20)(H2,17,18,21). The number of carbonyl (C=O) groups excluding carboxylic acids is 1. The Morgan fingerprint density at radius 3 is 2.48 bits per heavy atom. The van der Waals surface area contributed by atoms with E-state index in [9.17, 15) is 9.59 Å². The lowest BCUT2D eigenvalue weighted by Gasteiger charge is -2.29. The highest BCUT2D eigenvalue weighted by Crippen LogP contribution is 2.25. The van der Waals surface area contributed by atoms with Crippen LogP contribution in [0.4, 0.5) is 10.5 Å². The summed E-state index contributed by atoms with van der Waals surface area (Å²) in [4.78, 5) is 22.8. The summed E-state index contributed by atoms with van der Waals surface area (Å²) in [6, 6.07) is 3.96. The quantitative estimate of drug-likeness (QED) is 0.773. The van der Waals surface area contributed by atoms with E-state index < -0.39 is 5.97 Å². The summed E-state index contributed by atoms with van der Waals surface area (Å²) in [5.74, 6) is -0.711. The summed E-state index contributed by atoms with van der Waals surface area (Å²) in [6.07, 6.45) is 0. The van der Waals surface area contributed by atoms with Gasteiger partial charge in [-0.25, -0.2) is 9.59 Å². The normalized spacial score (nSPS) is 11.3. The zero-order valence-electron chi connectivity index (χ0n) is 12.7. The smallest absolute Gasteiger partial charge is 0.337 e. The van der Waals surface area contributed by atoms with Gasteiger partial charge < -0.3 is 15.7 Å². The van der Waals surface area contributed by atoms with Crippen LogP contribution in [0.15, 0.2) is 18.2 Å². The van der Waals surface area contributed by atoms with Crippen LogP contribution in [0, 0.1) is 11.3 Å². The third-order valence-electron chi connectivity index (χ3n) is 3.72. The molecule has 0 aliphatic rings. The molecule has 0 radical (unpaired) electrons. The van der Waals surface area contributed by atoms with Crippen LogP contribution in [0.2, 0.25) is 5.02 Å². The number of rotatable bonds is 5. The predicted molar refractivity (Wildman–Crippen MR) is 84.1 cm³/mol. The number of urea groups is 1. The van der Waals surface area contributed by atoms with Crippen LogP contribution >= 0.6 is 11.6 Å². The van der Waals surface area contributed by atoms with E-state index in [-0.39, 0.29) is 22.0 Å². The van der Waals surface area contributed by atoms with Gasteiger partial charge in [0, 0.05) is 12.2 Å². The van der Waals surface area contributed by atoms with Crippen molar-refractivity contribution in [1.82, 2.24) is 5.32 Å². The van der Waals surface area contributed by atoms with E-state index in [1.165, 1.54) is 12.1 Å². The minimum absolute atomic E-state index is 0.0242. The maximum absolute atomic E-state index is 11.8. The molecule has 6 heteroatoms. The molecule has 0 bridgehead atoms. The number of carboxylic acids is 1. The first-order chi connectivity index (χ1) is 9.63. The predicted octanol–water partition coefficient (Wildman–Crippen LogP) is 3.84. The molecule has 0 fully saturated rings. The Morgan fingerprint density at radius 1 is 1.33 bits per heavy atom. The molecule has 21 heavy (non-hydrogen) atoms. The molecule has 0 saturated carbocycles. The first-order valence-electron chi connectivity index (χ1n) is 6.71. The van der Waals surface area contributed by atoms with Crippen molar-refractivity contribution < 1.29 is 14.7 Å². The number of carbonyl (C=O) groups is 2. The first-order valence-corrected chi connectivity index (χ1v) is 7.09. The van der Waals surface area contributed by atoms with Crippen molar-refractivity contribution >= 4 is 29.3 Å². The van der Waals surface area contributed by atoms with Gasteiger partial charge in [0.1, 0.15) is 0 Å². The average molecular weight is 313 g/mol. The zero-order chi connectivity index (χ0) is 16.2. The van der Waals surface area contributed by atoms with Crippen LogP contribution in [-0.2, 0) is 0 Å². The monoisotopic (exact) mass is 312 g/mol. The SMILES string of the molecule is CC(C)C(C)(C)CNC(=O)Nc1ccc(Cl)c(C(=O)O)c1. The molecular formula is C15H21ClN2O3. The van der Waals surface area contributed by atoms with Crippen LogP contribution < -0.4 is 10.6 Å². The van der Waals surface area contributed by atoms with Crippen molar-refractivity contribution in [2.24, 2.45) is 11.3 Å². The number of hydrogen-bond donors (Lipinski definition) is 3. The zero-order valence-corrected chi connectivity index (χ0v) is 13.4. The summed E-state index contributed by atoms with van der Waals surface area (Å²) in [7, 11) is 0. The average Bonchev–Trinajstić information content (AvgIpc) is 2.38. The van der Waals surface area contributed by atoms with Gasteiger partial charge >= 0.3 is 12.0 Å². The number of aromatic carboxylic acids is 1. The van der Waals surface area contributed by atoms with Gasteiger partial charge in [-0.2, -0.15) is 0 Å². The third-order valence-corrected chi connectivity index (χ3v) is 4.05. The van der Waals surface area contributed by atoms with E-state index in [1.807, 2.05) is 0 Å². The Hall–Kier alpha value is -1.75. The highest BCUT2D eigenvalue weighted by molar-refractivity contribution is 6.33. The lowest BCUT2D eigenvalue weighted by Crippen LogP contribution is -2.39. The number of carboxylic acid groups (broad SMARTS) is 1. The summed E-state index contributed by atoms with van der Waals surface area (Å²) in [5, 5.41) is 14.5. The van der Waals surface area contributed by atoms with Gasteiger partial charge in [0.2, 0.25) is 0 Å². The van der Waals surface area contributed by atoms with E-state index >= 15 is 0 Å². The van der Waals surface area contributed by atoms with E-state index in [0.717, 1.165) is 0 Å². The van der Waals surface area contributed by atoms with Gasteiger partial charge in [-0.15, -0.1) is 0 Å². The highest BCUT2D eigenvalue weighted by Gasteiger charge is 2.22. The fourth-order valence-corrected chi connectivity index (χ4v) is 1.65. The maximum atomic E-state index is 11.8. The Bertz CT molecular complexity index is 542. The summed E-state index contributed by atoms with van der Waals surface area (Å²) < 4.78 is 0. The molecule has 1 aromatic carbocycles. The summed E-state index contributed by atoms with van der Waals surface area (Å²) in [5.41, 5.74) is 0.317. The Balaban J connectivity index is 2.68. The fourth-order valence-electron chi connectivity index (χ4n) is 1.45. The van der Waals surface area contributed by atoms with Gasteiger partial charge in [0.25, 0.3) is 0 Å². The number of benzene rings is 1. The fraction of sp³-hybridized carbons (Fsp3) is 0.467. The summed E-state index contributed by atoms with van der Waals surface area (Å²) >= 11 is 5.77. The molecule has 0 atom stereocenters. The van der Waals surface area contributed by atoms with Crippen molar-refractivity contribution in [2.75, 3.05) is 11.9 Å². The second-order valence-electron chi connectivity index (χ2n) is 5.95. The lowest BCUT2D eigenvalue weighted by molar-refractivity contribution is 0.0697. The molecule has 0 spiro atoms. The molecule has 0 heterocycles. The number of anilines is 1. The number of nitrogens with one attached hydrogen (secondary N) is 2. The van der Waals surface area contributed by atoms with Gasteiger partial charge in [-0.05, 0) is 29.5 Å².